The van der Waals surface area contributed by atoms with E-state index in [-0.39, 0.29) is 12.1 Å². The van der Waals surface area contributed by atoms with E-state index in [1.54, 1.807) is 0 Å². The molecule has 20 heavy (non-hydrogen) atoms. The molecule has 0 fully saturated rings. The number of nitrogens with two attached hydrogens (primary N) is 1. The van der Waals surface area contributed by atoms with Gasteiger partial charge in [-0.3, -0.25) is 0 Å². The zero-order valence-corrected chi connectivity index (χ0v) is 12.2. The Bertz CT molecular complexity index is 601. The first-order chi connectivity index (χ1) is 9.60. The average Bonchev–Trinajstić information content (AvgIpc) is 2.95. The Kier molecular flexibility index (Phi) is 3.53. The molecule has 3 heteroatoms. The Hall–Kier alpha value is -1.74. The van der Waals surface area contributed by atoms with E-state index in [1.165, 1.54) is 16.7 Å². The van der Waals surface area contributed by atoms with Crippen LogP contribution in [0.4, 0.5) is 0 Å². The van der Waals surface area contributed by atoms with Crippen LogP contribution < -0.4 is 10.5 Å². The predicted molar refractivity (Wildman–Crippen MR) is 81.1 cm³/mol. The smallest absolute Gasteiger partial charge is 0.123 e. The van der Waals surface area contributed by atoms with Crippen molar-refractivity contribution in [2.24, 2.45) is 5.73 Å². The number of hydrogen-bond acceptors (Lipinski definition) is 2. The number of aryl methyl sites for hydroxylation is 1. The van der Waals surface area contributed by atoms with Crippen molar-refractivity contribution in [3.63, 3.8) is 0 Å². The van der Waals surface area contributed by atoms with E-state index < -0.39 is 0 Å². The Balaban J connectivity index is 1.64. The molecule has 3 rings (SSSR count). The third-order valence-electron chi connectivity index (χ3n) is 3.74. The summed E-state index contributed by atoms with van der Waals surface area (Å²) >= 11 is 0. The minimum atomic E-state index is 0.209. The molecule has 0 aliphatic carbocycles. The van der Waals surface area contributed by atoms with Crippen molar-refractivity contribution in [1.82, 2.24) is 4.57 Å². The van der Waals surface area contributed by atoms with Crippen LogP contribution >= 0.6 is 0 Å². The van der Waals surface area contributed by atoms with E-state index in [0.717, 1.165) is 25.1 Å². The second kappa shape index (κ2) is 5.33. The van der Waals surface area contributed by atoms with E-state index in [9.17, 15) is 0 Å². The summed E-state index contributed by atoms with van der Waals surface area (Å²) in [6, 6.07) is 8.78. The van der Waals surface area contributed by atoms with Gasteiger partial charge in [0.15, 0.2) is 0 Å². The molecule has 0 bridgehead atoms. The largest absolute Gasteiger partial charge is 0.488 e. The fourth-order valence-corrected chi connectivity index (χ4v) is 2.88. The SMILES string of the molecule is Cc1ccc2c(c1)CC(Cn1ccc(CC(C)N)c1)O2. The second-order valence-corrected chi connectivity index (χ2v) is 5.95. The van der Waals surface area contributed by atoms with Crippen molar-refractivity contribution in [3.05, 3.63) is 53.3 Å². The van der Waals surface area contributed by atoms with Gasteiger partial charge < -0.3 is 15.0 Å². The molecule has 1 aliphatic heterocycles. The maximum Gasteiger partial charge on any atom is 0.123 e. The van der Waals surface area contributed by atoms with Gasteiger partial charge in [-0.25, -0.2) is 0 Å². The van der Waals surface area contributed by atoms with E-state index in [0.29, 0.717) is 0 Å². The van der Waals surface area contributed by atoms with Crippen molar-refractivity contribution in [2.75, 3.05) is 0 Å². The Labute approximate surface area is 120 Å². The molecular weight excluding hydrogens is 248 g/mol. The molecule has 0 saturated carbocycles. The summed E-state index contributed by atoms with van der Waals surface area (Å²) < 4.78 is 8.22. The lowest BCUT2D eigenvalue weighted by atomic mass is 10.1. The fourth-order valence-electron chi connectivity index (χ4n) is 2.88. The van der Waals surface area contributed by atoms with Gasteiger partial charge in [0.25, 0.3) is 0 Å². The lowest BCUT2D eigenvalue weighted by Crippen LogP contribution is -2.20. The van der Waals surface area contributed by atoms with Crippen LogP contribution in [0.25, 0.3) is 0 Å². The van der Waals surface area contributed by atoms with Crippen LogP contribution in [0.1, 0.15) is 23.6 Å². The highest BCUT2D eigenvalue weighted by Gasteiger charge is 2.22. The lowest BCUT2D eigenvalue weighted by molar-refractivity contribution is 0.209. The molecule has 2 atom stereocenters. The first-order valence-corrected chi connectivity index (χ1v) is 7.26. The van der Waals surface area contributed by atoms with Crippen LogP contribution in [-0.2, 0) is 19.4 Å². The highest BCUT2D eigenvalue weighted by Crippen LogP contribution is 2.30. The van der Waals surface area contributed by atoms with Crippen molar-refractivity contribution < 1.29 is 4.74 Å². The minimum absolute atomic E-state index is 0.209. The average molecular weight is 270 g/mol. The molecule has 0 radical (unpaired) electrons. The number of hydrogen-bond donors (Lipinski definition) is 1. The highest BCUT2D eigenvalue weighted by atomic mass is 16.5. The highest BCUT2D eigenvalue weighted by molar-refractivity contribution is 5.40. The molecule has 1 aliphatic rings. The maximum atomic E-state index is 6.01. The van der Waals surface area contributed by atoms with Gasteiger partial charge in [-0.1, -0.05) is 17.7 Å². The van der Waals surface area contributed by atoms with Gasteiger partial charge in [0, 0.05) is 24.9 Å². The second-order valence-electron chi connectivity index (χ2n) is 5.95. The van der Waals surface area contributed by atoms with Gasteiger partial charge in [0.1, 0.15) is 11.9 Å². The predicted octanol–water partition coefficient (Wildman–Crippen LogP) is 2.69. The zero-order chi connectivity index (χ0) is 14.1. The van der Waals surface area contributed by atoms with Gasteiger partial charge in [0.2, 0.25) is 0 Å². The number of aromatic nitrogens is 1. The quantitative estimate of drug-likeness (QED) is 0.928. The van der Waals surface area contributed by atoms with Crippen LogP contribution in [-0.4, -0.2) is 16.7 Å². The zero-order valence-electron chi connectivity index (χ0n) is 12.2. The van der Waals surface area contributed by atoms with Gasteiger partial charge in [-0.15, -0.1) is 0 Å². The first-order valence-electron chi connectivity index (χ1n) is 7.26. The van der Waals surface area contributed by atoms with Crippen LogP contribution in [0, 0.1) is 6.92 Å². The van der Waals surface area contributed by atoms with Crippen LogP contribution in [0.5, 0.6) is 5.75 Å². The monoisotopic (exact) mass is 270 g/mol. The normalized spacial score (nSPS) is 18.6. The van der Waals surface area contributed by atoms with Crippen LogP contribution in [0.3, 0.4) is 0 Å². The van der Waals surface area contributed by atoms with Crippen LogP contribution in [0.15, 0.2) is 36.7 Å². The summed E-state index contributed by atoms with van der Waals surface area (Å²) in [6.07, 6.45) is 6.47. The summed E-state index contributed by atoms with van der Waals surface area (Å²) in [6.45, 7) is 5.06. The number of rotatable bonds is 4. The Morgan fingerprint density at radius 3 is 3.05 bits per heavy atom. The Morgan fingerprint density at radius 1 is 1.40 bits per heavy atom. The number of fused-ring (bicyclic) bond motifs is 1. The molecule has 0 spiro atoms. The molecule has 0 amide bonds. The maximum absolute atomic E-state index is 6.01. The molecule has 0 saturated heterocycles. The molecule has 2 N–H and O–H groups in total. The van der Waals surface area contributed by atoms with E-state index >= 15 is 0 Å². The molecule has 1 aromatic carbocycles. The summed E-state index contributed by atoms with van der Waals surface area (Å²) in [5.74, 6) is 1.04. The van der Waals surface area contributed by atoms with E-state index in [2.05, 4.69) is 48.1 Å². The summed E-state index contributed by atoms with van der Waals surface area (Å²) in [5.41, 5.74) is 9.76. The topological polar surface area (TPSA) is 40.2 Å². The van der Waals surface area contributed by atoms with Gasteiger partial charge in [0.05, 0.1) is 6.54 Å². The van der Waals surface area contributed by atoms with E-state index in [1.807, 2.05) is 6.92 Å². The van der Waals surface area contributed by atoms with Gasteiger partial charge in [-0.2, -0.15) is 0 Å². The molecule has 106 valence electrons. The van der Waals surface area contributed by atoms with E-state index in [4.69, 9.17) is 10.5 Å². The summed E-state index contributed by atoms with van der Waals surface area (Å²) in [4.78, 5) is 0. The molecule has 2 aromatic rings. The lowest BCUT2D eigenvalue weighted by Gasteiger charge is -2.11. The van der Waals surface area contributed by atoms with Gasteiger partial charge in [-0.05, 0) is 43.5 Å². The van der Waals surface area contributed by atoms with Crippen molar-refractivity contribution in [3.8, 4) is 5.75 Å². The third-order valence-corrected chi connectivity index (χ3v) is 3.74. The molecular formula is C17H22N2O. The molecule has 2 heterocycles. The Morgan fingerprint density at radius 2 is 2.25 bits per heavy atom. The van der Waals surface area contributed by atoms with Crippen molar-refractivity contribution >= 4 is 0 Å². The summed E-state index contributed by atoms with van der Waals surface area (Å²) in [7, 11) is 0. The summed E-state index contributed by atoms with van der Waals surface area (Å²) in [5, 5.41) is 0. The first kappa shape index (κ1) is 13.3. The standard InChI is InChI=1S/C17H22N2O/c1-12-3-4-17-15(7-12)9-16(20-17)11-19-6-5-14(10-19)8-13(2)18/h3-7,10,13,16H,8-9,11,18H2,1-2H3. The molecule has 1 aromatic heterocycles. The number of benzene rings is 1. The minimum Gasteiger partial charge on any atom is -0.488 e. The number of ether oxygens (including phenoxy) is 1. The molecule has 2 unspecified atom stereocenters. The van der Waals surface area contributed by atoms with Crippen molar-refractivity contribution in [2.45, 2.75) is 45.4 Å². The van der Waals surface area contributed by atoms with Crippen molar-refractivity contribution in [1.29, 1.82) is 0 Å². The fraction of sp³-hybridized carbons (Fsp3) is 0.412. The van der Waals surface area contributed by atoms with Gasteiger partial charge >= 0.3 is 0 Å². The number of nitrogens with zero attached hydrogens (tertiary/aromatic N) is 1. The molecule has 3 nitrogen and oxygen atoms in total. The van der Waals surface area contributed by atoms with Crippen LogP contribution in [0.2, 0.25) is 0 Å². The third kappa shape index (κ3) is 2.88.